The third-order valence-electron chi connectivity index (χ3n) is 5.56. The second-order valence-corrected chi connectivity index (χ2v) is 7.71. The summed E-state index contributed by atoms with van der Waals surface area (Å²) in [5, 5.41) is 6.95. The summed E-state index contributed by atoms with van der Waals surface area (Å²) in [6.45, 7) is 5.72. The predicted octanol–water partition coefficient (Wildman–Crippen LogP) is 2.51. The number of rotatable bonds is 7. The molecule has 4 rings (SSSR count). The first-order chi connectivity index (χ1) is 14.0. The van der Waals surface area contributed by atoms with Crippen molar-refractivity contribution in [1.82, 2.24) is 25.3 Å². The van der Waals surface area contributed by atoms with Crippen LogP contribution in [0, 0.1) is 25.1 Å². The maximum atomic E-state index is 14.3. The van der Waals surface area contributed by atoms with Crippen LogP contribution in [0.5, 0.6) is 0 Å². The Kier molecular flexibility index (Phi) is 5.19. The van der Waals surface area contributed by atoms with E-state index in [-0.39, 0.29) is 11.7 Å². The fraction of sp³-hybridized carbons (Fsp3) is 0.381. The van der Waals surface area contributed by atoms with Gasteiger partial charge in [-0.15, -0.1) is 0 Å². The van der Waals surface area contributed by atoms with E-state index in [4.69, 9.17) is 4.52 Å². The van der Waals surface area contributed by atoms with E-state index in [1.807, 2.05) is 13.8 Å². The smallest absolute Gasteiger partial charge is 0.229 e. The molecule has 7 nitrogen and oxygen atoms in total. The molecule has 2 aromatic heterocycles. The zero-order valence-corrected chi connectivity index (χ0v) is 16.5. The van der Waals surface area contributed by atoms with Gasteiger partial charge in [0.25, 0.3) is 0 Å². The van der Waals surface area contributed by atoms with Crippen LogP contribution in [-0.2, 0) is 24.3 Å². The lowest BCUT2D eigenvalue weighted by atomic mass is 9.73. The van der Waals surface area contributed by atoms with Gasteiger partial charge in [-0.05, 0) is 31.9 Å². The number of nitrogens with one attached hydrogen (secondary N) is 2. The van der Waals surface area contributed by atoms with Crippen LogP contribution >= 0.6 is 0 Å². The van der Waals surface area contributed by atoms with E-state index in [1.54, 1.807) is 30.6 Å². The average Bonchev–Trinajstić information content (AvgIpc) is 3.29. The van der Waals surface area contributed by atoms with Crippen molar-refractivity contribution >= 4 is 5.91 Å². The summed E-state index contributed by atoms with van der Waals surface area (Å²) in [6.07, 6.45) is 3.83. The monoisotopic (exact) mass is 397 g/mol. The molecule has 1 aromatic carbocycles. The van der Waals surface area contributed by atoms with Crippen molar-refractivity contribution < 1.29 is 13.7 Å². The SMILES string of the molecule is Cc1noc(C)c1CNC(=O)C1(Cc2ccccc2F)CN(Cc2ncc[nH]2)C1. The van der Waals surface area contributed by atoms with Crippen LogP contribution < -0.4 is 5.32 Å². The molecule has 0 saturated carbocycles. The first-order valence-corrected chi connectivity index (χ1v) is 9.61. The largest absolute Gasteiger partial charge is 0.361 e. The number of hydrogen-bond acceptors (Lipinski definition) is 5. The average molecular weight is 397 g/mol. The van der Waals surface area contributed by atoms with Crippen molar-refractivity contribution in [1.29, 1.82) is 0 Å². The molecule has 1 fully saturated rings. The van der Waals surface area contributed by atoms with E-state index in [9.17, 15) is 9.18 Å². The van der Waals surface area contributed by atoms with Crippen molar-refractivity contribution in [2.75, 3.05) is 13.1 Å². The van der Waals surface area contributed by atoms with Gasteiger partial charge in [0, 0.05) is 37.6 Å². The van der Waals surface area contributed by atoms with Crippen LogP contribution in [-0.4, -0.2) is 39.0 Å². The summed E-state index contributed by atoms with van der Waals surface area (Å²) in [5.41, 5.74) is 1.51. The van der Waals surface area contributed by atoms with Gasteiger partial charge in [-0.25, -0.2) is 9.37 Å². The van der Waals surface area contributed by atoms with Crippen LogP contribution in [0.25, 0.3) is 0 Å². The topological polar surface area (TPSA) is 87.1 Å². The number of aryl methyl sites for hydroxylation is 2. The van der Waals surface area contributed by atoms with Crippen LogP contribution in [0.15, 0.2) is 41.2 Å². The highest BCUT2D eigenvalue weighted by Gasteiger charge is 2.49. The first-order valence-electron chi connectivity index (χ1n) is 9.61. The molecule has 0 atom stereocenters. The Bertz CT molecular complexity index is 973. The molecular formula is C21H24FN5O2. The fourth-order valence-corrected chi connectivity index (χ4v) is 3.97. The third kappa shape index (κ3) is 3.93. The first kappa shape index (κ1) is 19.3. The Morgan fingerprint density at radius 2 is 2.14 bits per heavy atom. The molecule has 2 N–H and O–H groups in total. The summed E-state index contributed by atoms with van der Waals surface area (Å²) < 4.78 is 19.5. The Balaban J connectivity index is 1.49. The number of likely N-dealkylation sites (tertiary alicyclic amines) is 1. The summed E-state index contributed by atoms with van der Waals surface area (Å²) in [6, 6.07) is 6.64. The minimum atomic E-state index is -0.687. The number of nitrogens with zero attached hydrogens (tertiary/aromatic N) is 3. The summed E-state index contributed by atoms with van der Waals surface area (Å²) in [7, 11) is 0. The van der Waals surface area contributed by atoms with E-state index in [0.717, 1.165) is 17.1 Å². The van der Waals surface area contributed by atoms with Gasteiger partial charge >= 0.3 is 0 Å². The summed E-state index contributed by atoms with van der Waals surface area (Å²) in [5.74, 6) is 1.17. The molecule has 3 aromatic rings. The molecule has 1 amide bonds. The zero-order valence-electron chi connectivity index (χ0n) is 16.5. The molecule has 0 unspecified atom stereocenters. The standard InChI is InChI=1S/C21H24FN5O2/c1-14-17(15(2)29-26-14)10-25-20(28)21(9-16-5-3-4-6-18(16)22)12-27(13-21)11-19-23-7-8-24-19/h3-8H,9-13H2,1-2H3,(H,23,24)(H,25,28). The summed E-state index contributed by atoms with van der Waals surface area (Å²) >= 11 is 0. The second kappa shape index (κ2) is 7.79. The van der Waals surface area contributed by atoms with Gasteiger partial charge in [-0.1, -0.05) is 23.4 Å². The zero-order chi connectivity index (χ0) is 20.4. The lowest BCUT2D eigenvalue weighted by molar-refractivity contribution is -0.142. The van der Waals surface area contributed by atoms with E-state index in [1.165, 1.54) is 6.07 Å². The highest BCUT2D eigenvalue weighted by molar-refractivity contribution is 5.84. The number of hydrogen-bond donors (Lipinski definition) is 2. The number of aromatic amines is 1. The van der Waals surface area contributed by atoms with E-state index >= 15 is 0 Å². The molecule has 0 aliphatic carbocycles. The molecular weight excluding hydrogens is 373 g/mol. The third-order valence-corrected chi connectivity index (χ3v) is 5.56. The lowest BCUT2D eigenvalue weighted by Gasteiger charge is -2.48. The van der Waals surface area contributed by atoms with Crippen LogP contribution in [0.1, 0.15) is 28.4 Å². The number of carbonyl (C=O) groups is 1. The van der Waals surface area contributed by atoms with Gasteiger partial charge in [0.15, 0.2) is 0 Å². The Morgan fingerprint density at radius 3 is 2.79 bits per heavy atom. The molecule has 1 saturated heterocycles. The number of aromatic nitrogens is 3. The fourth-order valence-electron chi connectivity index (χ4n) is 3.97. The number of benzene rings is 1. The predicted molar refractivity (Wildman–Crippen MR) is 104 cm³/mol. The number of carbonyl (C=O) groups excluding carboxylic acids is 1. The molecule has 1 aliphatic rings. The number of halogens is 1. The minimum Gasteiger partial charge on any atom is -0.361 e. The van der Waals surface area contributed by atoms with E-state index in [2.05, 4.69) is 25.3 Å². The van der Waals surface area contributed by atoms with Gasteiger partial charge in [0.2, 0.25) is 5.91 Å². The summed E-state index contributed by atoms with van der Waals surface area (Å²) in [4.78, 5) is 22.6. The molecule has 0 radical (unpaired) electrons. The Morgan fingerprint density at radius 1 is 1.34 bits per heavy atom. The quantitative estimate of drug-likeness (QED) is 0.640. The Labute approximate surface area is 168 Å². The van der Waals surface area contributed by atoms with Gasteiger partial charge in [-0.3, -0.25) is 9.69 Å². The molecule has 3 heterocycles. The van der Waals surface area contributed by atoms with E-state index in [0.29, 0.717) is 43.9 Å². The minimum absolute atomic E-state index is 0.0866. The van der Waals surface area contributed by atoms with Crippen molar-refractivity contribution in [3.05, 3.63) is 70.9 Å². The van der Waals surface area contributed by atoms with E-state index < -0.39 is 5.41 Å². The maximum absolute atomic E-state index is 14.3. The lowest BCUT2D eigenvalue weighted by Crippen LogP contribution is -2.63. The van der Waals surface area contributed by atoms with Crippen LogP contribution in [0.3, 0.4) is 0 Å². The van der Waals surface area contributed by atoms with Crippen LogP contribution in [0.2, 0.25) is 0 Å². The number of amides is 1. The van der Waals surface area contributed by atoms with Crippen molar-refractivity contribution in [3.63, 3.8) is 0 Å². The van der Waals surface area contributed by atoms with Gasteiger partial charge in [-0.2, -0.15) is 0 Å². The highest BCUT2D eigenvalue weighted by atomic mass is 19.1. The van der Waals surface area contributed by atoms with Gasteiger partial charge in [0.05, 0.1) is 17.7 Å². The molecule has 0 spiro atoms. The number of H-pyrrole nitrogens is 1. The second-order valence-electron chi connectivity index (χ2n) is 7.71. The molecule has 29 heavy (non-hydrogen) atoms. The normalized spacial score (nSPS) is 15.8. The van der Waals surface area contributed by atoms with Gasteiger partial charge in [0.1, 0.15) is 17.4 Å². The molecule has 0 bridgehead atoms. The van der Waals surface area contributed by atoms with Crippen molar-refractivity contribution in [2.24, 2.45) is 5.41 Å². The highest BCUT2D eigenvalue weighted by Crippen LogP contribution is 2.36. The maximum Gasteiger partial charge on any atom is 0.229 e. The van der Waals surface area contributed by atoms with Crippen molar-refractivity contribution in [3.8, 4) is 0 Å². The van der Waals surface area contributed by atoms with Crippen molar-refractivity contribution in [2.45, 2.75) is 33.4 Å². The number of imidazole rings is 1. The molecule has 1 aliphatic heterocycles. The molecule has 152 valence electrons. The van der Waals surface area contributed by atoms with Gasteiger partial charge < -0.3 is 14.8 Å². The van der Waals surface area contributed by atoms with Crippen LogP contribution in [0.4, 0.5) is 4.39 Å². The molecule has 8 heteroatoms. The Hall–Kier alpha value is -3.00.